The molecular weight excluding hydrogens is 393 g/mol. The van der Waals surface area contributed by atoms with Gasteiger partial charge in [0.05, 0.1) is 22.1 Å². The molecule has 1 saturated carbocycles. The number of carbonyl (C=O) groups is 2. The lowest BCUT2D eigenvalue weighted by Crippen LogP contribution is -2.29. The Labute approximate surface area is 141 Å². The van der Waals surface area contributed by atoms with Gasteiger partial charge in [0, 0.05) is 25.0 Å². The predicted molar refractivity (Wildman–Crippen MR) is 84.3 cm³/mol. The average Bonchev–Trinajstić information content (AvgIpc) is 3.11. The van der Waals surface area contributed by atoms with Gasteiger partial charge in [-0.15, -0.1) is 0 Å². The highest BCUT2D eigenvalue weighted by Gasteiger charge is 2.39. The number of nitrogens with one attached hydrogen (secondary N) is 1. The van der Waals surface area contributed by atoms with Crippen LogP contribution < -0.4 is 10.5 Å². The second kappa shape index (κ2) is 6.17. The zero-order valence-electron chi connectivity index (χ0n) is 12.3. The quantitative estimate of drug-likeness (QED) is 0.762. The summed E-state index contributed by atoms with van der Waals surface area (Å²) in [6.07, 6.45) is -0.899. The van der Waals surface area contributed by atoms with Gasteiger partial charge in [0.2, 0.25) is 10.0 Å². The molecule has 0 unspecified atom stereocenters. The molecule has 23 heavy (non-hydrogen) atoms. The number of hydrogen-bond acceptors (Lipinski definition) is 4. The van der Waals surface area contributed by atoms with E-state index in [0.29, 0.717) is 0 Å². The summed E-state index contributed by atoms with van der Waals surface area (Å²) >= 11 is 3.14. The molecule has 2 rings (SSSR count). The Balaban J connectivity index is 2.53. The maximum atomic E-state index is 12.9. The van der Waals surface area contributed by atoms with E-state index in [4.69, 9.17) is 5.14 Å². The van der Waals surface area contributed by atoms with Crippen molar-refractivity contribution in [1.29, 1.82) is 0 Å². The van der Waals surface area contributed by atoms with Crippen molar-refractivity contribution in [2.24, 2.45) is 5.14 Å². The minimum atomic E-state index is -4.13. The second-order valence-electron chi connectivity index (χ2n) is 5.41. The SMILES string of the molecule is CN(C)C(=O)c1cc(S(N)(=O)=O)cc(C(=O)N[C@H]2C[C@H]2F)c1Br. The lowest BCUT2D eigenvalue weighted by Gasteiger charge is -2.15. The van der Waals surface area contributed by atoms with Gasteiger partial charge in [-0.25, -0.2) is 17.9 Å². The van der Waals surface area contributed by atoms with E-state index >= 15 is 0 Å². The predicted octanol–water partition coefficient (Wildman–Crippen LogP) is 0.638. The summed E-state index contributed by atoms with van der Waals surface area (Å²) in [6, 6.07) is 1.55. The molecule has 0 heterocycles. The first-order valence-electron chi connectivity index (χ1n) is 6.55. The zero-order chi connectivity index (χ0) is 17.5. The van der Waals surface area contributed by atoms with Gasteiger partial charge in [0.15, 0.2) is 0 Å². The van der Waals surface area contributed by atoms with Gasteiger partial charge in [-0.2, -0.15) is 0 Å². The number of amides is 2. The van der Waals surface area contributed by atoms with Crippen molar-refractivity contribution in [1.82, 2.24) is 10.2 Å². The number of nitrogens with two attached hydrogens (primary N) is 1. The summed E-state index contributed by atoms with van der Waals surface area (Å²) in [4.78, 5) is 25.2. The van der Waals surface area contributed by atoms with Gasteiger partial charge in [0.1, 0.15) is 6.17 Å². The Kier molecular flexibility index (Phi) is 4.79. The van der Waals surface area contributed by atoms with Crippen LogP contribution in [-0.2, 0) is 10.0 Å². The number of primary sulfonamides is 1. The number of hydrogen-bond donors (Lipinski definition) is 2. The third kappa shape index (κ3) is 3.88. The van der Waals surface area contributed by atoms with Crippen molar-refractivity contribution >= 4 is 37.8 Å². The van der Waals surface area contributed by atoms with Crippen LogP contribution in [0.5, 0.6) is 0 Å². The number of alkyl halides is 1. The molecule has 0 radical (unpaired) electrons. The fourth-order valence-electron chi connectivity index (χ4n) is 1.88. The molecule has 10 heteroatoms. The summed E-state index contributed by atoms with van der Waals surface area (Å²) in [5, 5.41) is 7.53. The van der Waals surface area contributed by atoms with Gasteiger partial charge >= 0.3 is 0 Å². The van der Waals surface area contributed by atoms with Crippen molar-refractivity contribution in [3.63, 3.8) is 0 Å². The van der Waals surface area contributed by atoms with Crippen molar-refractivity contribution in [3.05, 3.63) is 27.7 Å². The molecule has 1 aromatic rings. The van der Waals surface area contributed by atoms with Crippen LogP contribution in [0.15, 0.2) is 21.5 Å². The monoisotopic (exact) mass is 407 g/mol. The van der Waals surface area contributed by atoms with Crippen LogP contribution in [0.2, 0.25) is 0 Å². The lowest BCUT2D eigenvalue weighted by atomic mass is 10.1. The number of carbonyl (C=O) groups excluding carboxylic acids is 2. The molecule has 7 nitrogen and oxygen atoms in total. The first-order chi connectivity index (χ1) is 10.5. The third-order valence-corrected chi connectivity index (χ3v) is 5.03. The van der Waals surface area contributed by atoms with E-state index in [1.807, 2.05) is 0 Å². The van der Waals surface area contributed by atoms with Gasteiger partial charge in [-0.1, -0.05) is 0 Å². The summed E-state index contributed by atoms with van der Waals surface area (Å²) in [7, 11) is -1.16. The number of halogens is 2. The minimum absolute atomic E-state index is 0.0285. The van der Waals surface area contributed by atoms with Crippen LogP contribution in [0.1, 0.15) is 27.1 Å². The lowest BCUT2D eigenvalue weighted by molar-refractivity contribution is 0.0826. The van der Waals surface area contributed by atoms with Gasteiger partial charge in [-0.05, 0) is 28.1 Å². The van der Waals surface area contributed by atoms with Crippen molar-refractivity contribution < 1.29 is 22.4 Å². The van der Waals surface area contributed by atoms with E-state index in [1.54, 1.807) is 0 Å². The molecule has 0 aromatic heterocycles. The summed E-state index contributed by atoms with van der Waals surface area (Å²) in [5.74, 6) is -1.19. The molecule has 0 aliphatic heterocycles. The van der Waals surface area contributed by atoms with E-state index in [1.165, 1.54) is 19.0 Å². The molecule has 0 spiro atoms. The van der Waals surface area contributed by atoms with Crippen LogP contribution in [0.3, 0.4) is 0 Å². The van der Waals surface area contributed by atoms with Crippen LogP contribution >= 0.6 is 15.9 Å². The summed E-state index contributed by atoms with van der Waals surface area (Å²) < 4.78 is 36.2. The zero-order valence-corrected chi connectivity index (χ0v) is 14.7. The third-order valence-electron chi connectivity index (χ3n) is 3.28. The number of nitrogens with zero attached hydrogens (tertiary/aromatic N) is 1. The first kappa shape index (κ1) is 17.8. The maximum Gasteiger partial charge on any atom is 0.254 e. The molecule has 0 bridgehead atoms. The van der Waals surface area contributed by atoms with Crippen molar-refractivity contribution in [2.45, 2.75) is 23.5 Å². The van der Waals surface area contributed by atoms with E-state index in [0.717, 1.165) is 12.1 Å². The Morgan fingerprint density at radius 2 is 1.87 bits per heavy atom. The molecule has 0 saturated heterocycles. The first-order valence-corrected chi connectivity index (χ1v) is 8.89. The second-order valence-corrected chi connectivity index (χ2v) is 7.76. The highest BCUT2D eigenvalue weighted by molar-refractivity contribution is 9.10. The fraction of sp³-hybridized carbons (Fsp3) is 0.385. The maximum absolute atomic E-state index is 12.9. The molecule has 1 aromatic carbocycles. The van der Waals surface area contributed by atoms with Gasteiger partial charge in [0.25, 0.3) is 11.8 Å². The number of sulfonamides is 1. The highest BCUT2D eigenvalue weighted by Crippen LogP contribution is 2.29. The summed E-state index contributed by atoms with van der Waals surface area (Å²) in [6.45, 7) is 0. The Hall–Kier alpha value is -1.52. The molecule has 3 N–H and O–H groups in total. The molecule has 1 fully saturated rings. The van der Waals surface area contributed by atoms with E-state index < -0.39 is 34.1 Å². The largest absolute Gasteiger partial charge is 0.346 e. The number of benzene rings is 1. The molecule has 1 aliphatic carbocycles. The van der Waals surface area contributed by atoms with Crippen LogP contribution in [0.4, 0.5) is 4.39 Å². The standard InChI is InChI=1S/C13H15BrFN3O4S/c1-18(2)13(20)8-4-6(23(16,21)22)3-7(11(8)14)12(19)17-10-5-9(10)15/h3-4,9-10H,5H2,1-2H3,(H,17,19)(H2,16,21,22)/t9-,10+/m1/s1. The minimum Gasteiger partial charge on any atom is -0.346 e. The molecule has 2 amide bonds. The molecule has 126 valence electrons. The van der Waals surface area contributed by atoms with Crippen LogP contribution in [0.25, 0.3) is 0 Å². The van der Waals surface area contributed by atoms with Crippen molar-refractivity contribution in [2.75, 3.05) is 14.1 Å². The van der Waals surface area contributed by atoms with Crippen molar-refractivity contribution in [3.8, 4) is 0 Å². The molecule has 2 atom stereocenters. The van der Waals surface area contributed by atoms with Gasteiger partial charge < -0.3 is 10.2 Å². The normalized spacial score (nSPS) is 20.0. The fourth-order valence-corrected chi connectivity index (χ4v) is 3.03. The Morgan fingerprint density at radius 3 is 2.30 bits per heavy atom. The van der Waals surface area contributed by atoms with Gasteiger partial charge in [-0.3, -0.25) is 9.59 Å². The van der Waals surface area contributed by atoms with Crippen LogP contribution in [-0.4, -0.2) is 51.4 Å². The van der Waals surface area contributed by atoms with E-state index in [9.17, 15) is 22.4 Å². The molecular formula is C13H15BrFN3O4S. The Morgan fingerprint density at radius 1 is 1.35 bits per heavy atom. The average molecular weight is 408 g/mol. The van der Waals surface area contributed by atoms with E-state index in [-0.39, 0.29) is 26.9 Å². The molecule has 1 aliphatic rings. The van der Waals surface area contributed by atoms with E-state index in [2.05, 4.69) is 21.2 Å². The highest BCUT2D eigenvalue weighted by atomic mass is 79.9. The summed E-state index contributed by atoms with van der Waals surface area (Å²) in [5.41, 5.74) is -0.125. The smallest absolute Gasteiger partial charge is 0.254 e. The number of rotatable bonds is 4. The topological polar surface area (TPSA) is 110 Å². The van der Waals surface area contributed by atoms with Crippen LogP contribution in [0, 0.1) is 0 Å². The Bertz CT molecular complexity index is 782.